The van der Waals surface area contributed by atoms with Gasteiger partial charge in [-0.25, -0.2) is 4.79 Å². The Kier molecular flexibility index (Phi) is 12.4. The number of unbranched alkanes of at least 4 members (excludes halogenated alkanes) is 8. The summed E-state index contributed by atoms with van der Waals surface area (Å²) in [6, 6.07) is 15.5. The smallest absolute Gasteiger partial charge is 0.338 e. The minimum absolute atomic E-state index is 0.0642. The van der Waals surface area contributed by atoms with Crippen LogP contribution >= 0.6 is 0 Å². The van der Waals surface area contributed by atoms with Gasteiger partial charge in [-0.05, 0) is 36.8 Å². The Balaban J connectivity index is 1.65. The fourth-order valence-corrected chi connectivity index (χ4v) is 3.48. The van der Waals surface area contributed by atoms with Crippen molar-refractivity contribution in [2.45, 2.75) is 71.1 Å². The topological polar surface area (TPSA) is 84.5 Å². The van der Waals surface area contributed by atoms with Crippen molar-refractivity contribution in [1.29, 1.82) is 0 Å². The van der Waals surface area contributed by atoms with E-state index in [9.17, 15) is 14.4 Å². The third kappa shape index (κ3) is 11.3. The summed E-state index contributed by atoms with van der Waals surface area (Å²) < 4.78 is 5.09. The van der Waals surface area contributed by atoms with E-state index in [0.717, 1.165) is 12.8 Å². The Morgan fingerprint density at radius 3 is 2.00 bits per heavy atom. The largest absolute Gasteiger partial charge is 0.452 e. The molecule has 6 nitrogen and oxygen atoms in total. The highest BCUT2D eigenvalue weighted by molar-refractivity contribution is 5.97. The molecule has 178 valence electrons. The van der Waals surface area contributed by atoms with Crippen molar-refractivity contribution in [1.82, 2.24) is 0 Å². The number of esters is 1. The summed E-state index contributed by atoms with van der Waals surface area (Å²) >= 11 is 0. The molecule has 0 unspecified atom stereocenters. The number of anilines is 2. The third-order valence-electron chi connectivity index (χ3n) is 5.28. The third-order valence-corrected chi connectivity index (χ3v) is 5.28. The van der Waals surface area contributed by atoms with E-state index in [0.29, 0.717) is 17.8 Å². The Morgan fingerprint density at radius 2 is 1.30 bits per heavy atom. The number of benzene rings is 2. The Labute approximate surface area is 197 Å². The SMILES string of the molecule is CCCCCCCCCCCC(=O)Nc1cccc(C(=O)OCC(=O)Nc2ccccc2)c1. The molecule has 0 aliphatic heterocycles. The second kappa shape index (κ2) is 15.6. The normalized spacial score (nSPS) is 10.5. The number of rotatable bonds is 15. The van der Waals surface area contributed by atoms with Crippen molar-refractivity contribution in [2.75, 3.05) is 17.2 Å². The highest BCUT2D eigenvalue weighted by Gasteiger charge is 2.12. The van der Waals surface area contributed by atoms with E-state index >= 15 is 0 Å². The molecule has 0 radical (unpaired) electrons. The molecule has 0 spiro atoms. The van der Waals surface area contributed by atoms with Crippen molar-refractivity contribution < 1.29 is 19.1 Å². The highest BCUT2D eigenvalue weighted by atomic mass is 16.5. The maximum atomic E-state index is 12.3. The molecular weight excluding hydrogens is 416 g/mol. The van der Waals surface area contributed by atoms with Crippen molar-refractivity contribution >= 4 is 29.2 Å². The maximum Gasteiger partial charge on any atom is 0.338 e. The molecule has 0 atom stereocenters. The molecule has 0 saturated carbocycles. The van der Waals surface area contributed by atoms with Crippen LogP contribution in [0.4, 0.5) is 11.4 Å². The van der Waals surface area contributed by atoms with Crippen LogP contribution < -0.4 is 10.6 Å². The van der Waals surface area contributed by atoms with Gasteiger partial charge in [0.2, 0.25) is 5.91 Å². The van der Waals surface area contributed by atoms with Crippen LogP contribution in [0.5, 0.6) is 0 Å². The van der Waals surface area contributed by atoms with E-state index in [1.54, 1.807) is 48.5 Å². The van der Waals surface area contributed by atoms with Crippen LogP contribution in [0.25, 0.3) is 0 Å². The van der Waals surface area contributed by atoms with Crippen LogP contribution in [-0.2, 0) is 14.3 Å². The van der Waals surface area contributed by atoms with Gasteiger partial charge in [-0.1, -0.05) is 82.6 Å². The molecule has 6 heteroatoms. The lowest BCUT2D eigenvalue weighted by atomic mass is 10.1. The lowest BCUT2D eigenvalue weighted by Gasteiger charge is -2.09. The molecular formula is C27H36N2O4. The Morgan fingerprint density at radius 1 is 0.697 bits per heavy atom. The van der Waals surface area contributed by atoms with Gasteiger partial charge < -0.3 is 15.4 Å². The number of carbonyl (C=O) groups is 3. The average molecular weight is 453 g/mol. The molecule has 0 heterocycles. The molecule has 0 aliphatic carbocycles. The first-order valence-electron chi connectivity index (χ1n) is 12.0. The molecule has 2 aromatic carbocycles. The van der Waals surface area contributed by atoms with Gasteiger partial charge in [-0.2, -0.15) is 0 Å². The van der Waals surface area contributed by atoms with Crippen LogP contribution in [0.2, 0.25) is 0 Å². The number of hydrogen-bond acceptors (Lipinski definition) is 4. The Hall–Kier alpha value is -3.15. The van der Waals surface area contributed by atoms with Crippen molar-refractivity contribution in [3.8, 4) is 0 Å². The van der Waals surface area contributed by atoms with Crippen LogP contribution in [-0.4, -0.2) is 24.4 Å². The number of ether oxygens (including phenoxy) is 1. The second-order valence-electron chi connectivity index (χ2n) is 8.20. The summed E-state index contributed by atoms with van der Waals surface area (Å²) in [6.07, 6.45) is 11.3. The lowest BCUT2D eigenvalue weighted by molar-refractivity contribution is -0.119. The minimum atomic E-state index is -0.617. The first kappa shape index (κ1) is 26.1. The monoisotopic (exact) mass is 452 g/mol. The fourth-order valence-electron chi connectivity index (χ4n) is 3.48. The zero-order chi connectivity index (χ0) is 23.7. The first-order valence-corrected chi connectivity index (χ1v) is 12.0. The summed E-state index contributed by atoms with van der Waals surface area (Å²) in [5.74, 6) is -1.10. The van der Waals surface area contributed by atoms with E-state index in [1.165, 1.54) is 44.9 Å². The number of nitrogens with one attached hydrogen (secondary N) is 2. The van der Waals surface area contributed by atoms with Crippen LogP contribution in [0.3, 0.4) is 0 Å². The molecule has 2 aromatic rings. The summed E-state index contributed by atoms with van der Waals surface area (Å²) in [5, 5.41) is 5.49. The number of hydrogen-bond donors (Lipinski definition) is 2. The van der Waals surface area contributed by atoms with Crippen molar-refractivity contribution in [2.24, 2.45) is 0 Å². The van der Waals surface area contributed by atoms with Crippen LogP contribution in [0.15, 0.2) is 54.6 Å². The van der Waals surface area contributed by atoms with Crippen LogP contribution in [0.1, 0.15) is 81.5 Å². The first-order chi connectivity index (χ1) is 16.1. The van der Waals surface area contributed by atoms with E-state index in [1.807, 2.05) is 6.07 Å². The maximum absolute atomic E-state index is 12.3. The van der Waals surface area contributed by atoms with Gasteiger partial charge in [0.25, 0.3) is 5.91 Å². The number of para-hydroxylation sites is 1. The molecule has 0 fully saturated rings. The standard InChI is InChI=1S/C27H36N2O4/c1-2-3-4-5-6-7-8-9-13-19-25(30)29-24-18-14-15-22(20-24)27(32)33-21-26(31)28-23-16-11-10-12-17-23/h10-12,14-18,20H,2-9,13,19,21H2,1H3,(H,28,31)(H,29,30). The van der Waals surface area contributed by atoms with Crippen molar-refractivity contribution in [3.63, 3.8) is 0 Å². The van der Waals surface area contributed by atoms with E-state index < -0.39 is 11.9 Å². The Bertz CT molecular complexity index is 867. The molecule has 33 heavy (non-hydrogen) atoms. The number of carbonyl (C=O) groups excluding carboxylic acids is 3. The van der Waals surface area contributed by atoms with Gasteiger partial charge in [0.05, 0.1) is 5.56 Å². The van der Waals surface area contributed by atoms with E-state index in [2.05, 4.69) is 17.6 Å². The zero-order valence-electron chi connectivity index (χ0n) is 19.6. The summed E-state index contributed by atoms with van der Waals surface area (Å²) in [5.41, 5.74) is 1.46. The fraction of sp³-hybridized carbons (Fsp3) is 0.444. The molecule has 0 saturated heterocycles. The van der Waals surface area contributed by atoms with Gasteiger partial charge in [-0.15, -0.1) is 0 Å². The molecule has 2 N–H and O–H groups in total. The highest BCUT2D eigenvalue weighted by Crippen LogP contribution is 2.14. The van der Waals surface area contributed by atoms with E-state index in [-0.39, 0.29) is 18.1 Å². The lowest BCUT2D eigenvalue weighted by Crippen LogP contribution is -2.21. The van der Waals surface area contributed by atoms with Crippen LogP contribution in [0, 0.1) is 0 Å². The quantitative estimate of drug-likeness (QED) is 0.244. The van der Waals surface area contributed by atoms with Gasteiger partial charge in [0.1, 0.15) is 0 Å². The molecule has 0 bridgehead atoms. The predicted octanol–water partition coefficient (Wildman–Crippen LogP) is 6.34. The second-order valence-corrected chi connectivity index (χ2v) is 8.20. The van der Waals surface area contributed by atoms with Gasteiger partial charge in [-0.3, -0.25) is 9.59 Å². The van der Waals surface area contributed by atoms with Gasteiger partial charge in [0.15, 0.2) is 6.61 Å². The molecule has 0 aliphatic rings. The molecule has 0 aromatic heterocycles. The van der Waals surface area contributed by atoms with Gasteiger partial charge in [0, 0.05) is 17.8 Å². The zero-order valence-corrected chi connectivity index (χ0v) is 19.6. The number of amides is 2. The van der Waals surface area contributed by atoms with E-state index in [4.69, 9.17) is 4.74 Å². The van der Waals surface area contributed by atoms with Gasteiger partial charge >= 0.3 is 5.97 Å². The molecule has 2 amide bonds. The summed E-state index contributed by atoms with van der Waals surface area (Å²) in [4.78, 5) is 36.4. The van der Waals surface area contributed by atoms with Crippen molar-refractivity contribution in [3.05, 3.63) is 60.2 Å². The predicted molar refractivity (Wildman–Crippen MR) is 132 cm³/mol. The average Bonchev–Trinajstić information content (AvgIpc) is 2.82. The molecule has 2 rings (SSSR count). The minimum Gasteiger partial charge on any atom is -0.452 e. The summed E-state index contributed by atoms with van der Waals surface area (Å²) in [7, 11) is 0. The summed E-state index contributed by atoms with van der Waals surface area (Å²) in [6.45, 7) is 1.84.